The lowest BCUT2D eigenvalue weighted by atomic mass is 9.92. The molecular weight excluding hydrogens is 562 g/mol. The summed E-state index contributed by atoms with van der Waals surface area (Å²) in [6, 6.07) is 29.8. The number of carboxylic acids is 1. The van der Waals surface area contributed by atoms with Crippen LogP contribution in [0.15, 0.2) is 108 Å². The molecule has 0 aliphatic rings. The molecule has 218 valence electrons. The Morgan fingerprint density at radius 1 is 0.860 bits per heavy atom. The van der Waals surface area contributed by atoms with Crippen LogP contribution < -0.4 is 4.72 Å². The Balaban J connectivity index is 1.63. The normalized spacial score (nSPS) is 11.3. The number of aromatic carboxylic acids is 1. The number of hydrogen-bond acceptors (Lipinski definition) is 5. The Hall–Kier alpha value is -5.02. The number of carboxylic acid groups (broad SMARTS) is 1. The van der Waals surface area contributed by atoms with Gasteiger partial charge >= 0.3 is 5.97 Å². The first-order chi connectivity index (χ1) is 20.7. The van der Waals surface area contributed by atoms with E-state index in [2.05, 4.69) is 4.72 Å². The fraction of sp³-hybridized carbons (Fsp3) is 0.147. The van der Waals surface area contributed by atoms with Crippen LogP contribution in [0.2, 0.25) is 0 Å². The van der Waals surface area contributed by atoms with Crippen molar-refractivity contribution in [3.63, 3.8) is 0 Å². The van der Waals surface area contributed by atoms with Gasteiger partial charge in [0.05, 0.1) is 10.6 Å². The first kappa shape index (κ1) is 29.5. The van der Waals surface area contributed by atoms with E-state index in [1.165, 1.54) is 6.07 Å². The summed E-state index contributed by atoms with van der Waals surface area (Å²) in [5.41, 5.74) is 4.75. The van der Waals surface area contributed by atoms with Gasteiger partial charge in [0.2, 0.25) is 0 Å². The molecule has 0 spiro atoms. The zero-order valence-electron chi connectivity index (χ0n) is 23.8. The number of nitrogens with zero attached hydrogens (tertiary/aromatic N) is 2. The molecule has 0 unspecified atom stereocenters. The van der Waals surface area contributed by atoms with Gasteiger partial charge in [-0.25, -0.2) is 17.9 Å². The highest BCUT2D eigenvalue weighted by Crippen LogP contribution is 2.35. The number of sulfonamides is 1. The number of benzene rings is 4. The van der Waals surface area contributed by atoms with Crippen LogP contribution in [0.1, 0.15) is 50.9 Å². The number of carbonyl (C=O) groups excluding carboxylic acids is 1. The van der Waals surface area contributed by atoms with Crippen molar-refractivity contribution in [1.29, 1.82) is 0 Å². The molecule has 8 nitrogen and oxygen atoms in total. The molecule has 1 amide bonds. The number of aryl methyl sites for hydroxylation is 1. The van der Waals surface area contributed by atoms with Crippen molar-refractivity contribution in [3.05, 3.63) is 131 Å². The van der Waals surface area contributed by atoms with E-state index in [4.69, 9.17) is 5.10 Å². The average Bonchev–Trinajstić information content (AvgIpc) is 3.33. The predicted molar refractivity (Wildman–Crippen MR) is 165 cm³/mol. The molecule has 5 rings (SSSR count). The van der Waals surface area contributed by atoms with Gasteiger partial charge in [-0.1, -0.05) is 91.9 Å². The van der Waals surface area contributed by atoms with Crippen molar-refractivity contribution in [2.45, 2.75) is 38.1 Å². The summed E-state index contributed by atoms with van der Waals surface area (Å²) >= 11 is 0. The number of aromatic nitrogens is 2. The highest BCUT2D eigenvalue weighted by atomic mass is 32.2. The van der Waals surface area contributed by atoms with Gasteiger partial charge in [0.1, 0.15) is 11.3 Å². The van der Waals surface area contributed by atoms with E-state index in [1.807, 2.05) is 43.3 Å². The molecule has 0 radical (unpaired) electrons. The molecule has 43 heavy (non-hydrogen) atoms. The lowest BCUT2D eigenvalue weighted by molar-refractivity contribution is 0.0696. The maximum absolute atomic E-state index is 13.5. The fourth-order valence-electron chi connectivity index (χ4n) is 5.14. The molecule has 5 aromatic rings. The standard InChI is InChI=1S/C34H31N3O5S/c1-3-20-37-23(2)31(34(39)40)32(35-37)29-19-18-26(22-27(29)21-24-12-6-4-7-13-24)28-16-10-11-17-30(28)43(41,42)36-33(38)25-14-8-5-9-15-25/h4-19,22H,3,20-21H2,1-2H3,(H,36,38)(H,39,40). The third kappa shape index (κ3) is 6.27. The van der Waals surface area contributed by atoms with Crippen molar-refractivity contribution < 1.29 is 23.1 Å². The van der Waals surface area contributed by atoms with Gasteiger partial charge in [0.25, 0.3) is 15.9 Å². The summed E-state index contributed by atoms with van der Waals surface area (Å²) < 4.78 is 30.9. The zero-order chi connectivity index (χ0) is 30.6. The van der Waals surface area contributed by atoms with Crippen LogP contribution in [-0.4, -0.2) is 35.2 Å². The number of hydrogen-bond donors (Lipinski definition) is 2. The van der Waals surface area contributed by atoms with Gasteiger partial charge < -0.3 is 5.11 Å². The molecule has 0 aliphatic carbocycles. The molecule has 0 aliphatic heterocycles. The Labute approximate surface area is 250 Å². The Morgan fingerprint density at radius 2 is 1.51 bits per heavy atom. The predicted octanol–water partition coefficient (Wildman–Crippen LogP) is 6.34. The molecule has 1 aromatic heterocycles. The summed E-state index contributed by atoms with van der Waals surface area (Å²) in [6.07, 6.45) is 1.26. The van der Waals surface area contributed by atoms with E-state index in [1.54, 1.807) is 72.3 Å². The second-order valence-electron chi connectivity index (χ2n) is 10.2. The number of amides is 1. The maximum atomic E-state index is 13.5. The van der Waals surface area contributed by atoms with E-state index >= 15 is 0 Å². The van der Waals surface area contributed by atoms with E-state index < -0.39 is 21.9 Å². The monoisotopic (exact) mass is 593 g/mol. The molecule has 2 N–H and O–H groups in total. The summed E-state index contributed by atoms with van der Waals surface area (Å²) in [5.74, 6) is -1.79. The lowest BCUT2D eigenvalue weighted by Gasteiger charge is -2.15. The molecular formula is C34H31N3O5S. The van der Waals surface area contributed by atoms with Crippen molar-refractivity contribution in [2.75, 3.05) is 0 Å². The highest BCUT2D eigenvalue weighted by Gasteiger charge is 2.26. The molecule has 0 bridgehead atoms. The van der Waals surface area contributed by atoms with Crippen LogP contribution >= 0.6 is 0 Å². The SMILES string of the molecule is CCCn1nc(-c2ccc(-c3ccccc3S(=O)(=O)NC(=O)c3ccccc3)cc2Cc2ccccc2)c(C(=O)O)c1C. The van der Waals surface area contributed by atoms with Gasteiger partial charge in [-0.2, -0.15) is 5.10 Å². The van der Waals surface area contributed by atoms with Crippen LogP contribution in [0.3, 0.4) is 0 Å². The number of rotatable bonds is 10. The topological polar surface area (TPSA) is 118 Å². The highest BCUT2D eigenvalue weighted by molar-refractivity contribution is 7.90. The molecule has 9 heteroatoms. The first-order valence-electron chi connectivity index (χ1n) is 13.9. The van der Waals surface area contributed by atoms with E-state index in [-0.39, 0.29) is 16.0 Å². The minimum atomic E-state index is -4.24. The van der Waals surface area contributed by atoms with Crippen LogP contribution in [0.4, 0.5) is 0 Å². The number of nitrogens with one attached hydrogen (secondary N) is 1. The van der Waals surface area contributed by atoms with Crippen molar-refractivity contribution in [1.82, 2.24) is 14.5 Å². The Morgan fingerprint density at radius 3 is 2.19 bits per heavy atom. The maximum Gasteiger partial charge on any atom is 0.339 e. The number of carbonyl (C=O) groups is 2. The fourth-order valence-corrected chi connectivity index (χ4v) is 6.34. The summed E-state index contributed by atoms with van der Waals surface area (Å²) in [6.45, 7) is 4.34. The molecule has 0 saturated heterocycles. The van der Waals surface area contributed by atoms with Crippen LogP contribution in [-0.2, 0) is 23.0 Å². The van der Waals surface area contributed by atoms with Gasteiger partial charge in [-0.15, -0.1) is 0 Å². The lowest BCUT2D eigenvalue weighted by Crippen LogP contribution is -2.30. The Kier molecular flexibility index (Phi) is 8.54. The zero-order valence-corrected chi connectivity index (χ0v) is 24.6. The molecule has 0 saturated carbocycles. The molecule has 1 heterocycles. The van der Waals surface area contributed by atoms with E-state index in [9.17, 15) is 23.1 Å². The van der Waals surface area contributed by atoms with E-state index in [0.29, 0.717) is 41.0 Å². The average molecular weight is 594 g/mol. The summed E-state index contributed by atoms with van der Waals surface area (Å²) in [4.78, 5) is 25.1. The third-order valence-corrected chi connectivity index (χ3v) is 8.59. The van der Waals surface area contributed by atoms with Crippen molar-refractivity contribution in [2.24, 2.45) is 0 Å². The van der Waals surface area contributed by atoms with E-state index in [0.717, 1.165) is 17.5 Å². The first-order valence-corrected chi connectivity index (χ1v) is 15.4. The van der Waals surface area contributed by atoms with Crippen LogP contribution in [0.5, 0.6) is 0 Å². The minimum absolute atomic E-state index is 0.0491. The van der Waals surface area contributed by atoms with Crippen molar-refractivity contribution >= 4 is 21.9 Å². The van der Waals surface area contributed by atoms with Gasteiger partial charge in [-0.05, 0) is 54.7 Å². The second kappa shape index (κ2) is 12.5. The second-order valence-corrected chi connectivity index (χ2v) is 11.8. The molecule has 0 atom stereocenters. The van der Waals surface area contributed by atoms with Gasteiger partial charge in [-0.3, -0.25) is 9.48 Å². The van der Waals surface area contributed by atoms with Gasteiger partial charge in [0, 0.05) is 23.2 Å². The van der Waals surface area contributed by atoms with Crippen LogP contribution in [0, 0.1) is 6.92 Å². The molecule has 0 fully saturated rings. The van der Waals surface area contributed by atoms with Crippen molar-refractivity contribution in [3.8, 4) is 22.4 Å². The van der Waals surface area contributed by atoms with Gasteiger partial charge in [0.15, 0.2) is 0 Å². The Bertz CT molecular complexity index is 1900. The summed E-state index contributed by atoms with van der Waals surface area (Å²) in [7, 11) is -4.24. The largest absolute Gasteiger partial charge is 0.478 e. The third-order valence-electron chi connectivity index (χ3n) is 7.20. The smallest absolute Gasteiger partial charge is 0.339 e. The van der Waals surface area contributed by atoms with Crippen LogP contribution in [0.25, 0.3) is 22.4 Å². The summed E-state index contributed by atoms with van der Waals surface area (Å²) in [5, 5.41) is 14.8. The minimum Gasteiger partial charge on any atom is -0.478 e. The quantitative estimate of drug-likeness (QED) is 0.195. The molecule has 4 aromatic carbocycles.